The highest BCUT2D eigenvalue weighted by molar-refractivity contribution is 6.76. The highest BCUT2D eigenvalue weighted by Gasteiger charge is 2.45. The van der Waals surface area contributed by atoms with Gasteiger partial charge in [-0.15, -0.1) is 0 Å². The van der Waals surface area contributed by atoms with Crippen molar-refractivity contribution >= 4 is 25.9 Å². The lowest BCUT2D eigenvalue weighted by molar-refractivity contribution is 0.0510. The van der Waals surface area contributed by atoms with Crippen molar-refractivity contribution < 1.29 is 14.3 Å². The monoisotopic (exact) mass is 468 g/mol. The van der Waals surface area contributed by atoms with Crippen LogP contribution in [0.15, 0.2) is 24.8 Å². The summed E-state index contributed by atoms with van der Waals surface area (Å²) in [6.45, 7) is 16.3. The molecule has 2 aromatic heterocycles. The fourth-order valence-electron chi connectivity index (χ4n) is 4.32. The number of carbonyl (C=O) groups is 1. The van der Waals surface area contributed by atoms with Gasteiger partial charge in [0.2, 0.25) is 0 Å². The van der Waals surface area contributed by atoms with Crippen molar-refractivity contribution in [3.8, 4) is 0 Å². The van der Waals surface area contributed by atoms with E-state index in [2.05, 4.69) is 48.4 Å². The van der Waals surface area contributed by atoms with Gasteiger partial charge in [-0.3, -0.25) is 0 Å². The molecule has 1 aliphatic heterocycles. The predicted molar refractivity (Wildman–Crippen MR) is 133 cm³/mol. The van der Waals surface area contributed by atoms with Crippen molar-refractivity contribution in [3.63, 3.8) is 0 Å². The van der Waals surface area contributed by atoms with Gasteiger partial charge in [-0.2, -0.15) is 5.10 Å². The summed E-state index contributed by atoms with van der Waals surface area (Å²) in [6, 6.07) is 7.11. The number of hydrogen-bond donors (Lipinski definition) is 0. The largest absolute Gasteiger partial charge is 0.461 e. The Hall–Kier alpha value is -2.45. The lowest BCUT2D eigenvalue weighted by Crippen LogP contribution is -2.23. The number of carbonyl (C=O) groups excluding carboxylic acids is 1. The molecule has 2 atom stereocenters. The molecular formula is C25H36N4O3Si. The Morgan fingerprint density at radius 1 is 1.27 bits per heavy atom. The second-order valence-corrected chi connectivity index (χ2v) is 16.0. The Bertz CT molecular complexity index is 1000. The number of pyridine rings is 1. The first-order valence-corrected chi connectivity index (χ1v) is 15.7. The van der Waals surface area contributed by atoms with Gasteiger partial charge < -0.3 is 14.4 Å². The maximum absolute atomic E-state index is 12.3. The summed E-state index contributed by atoms with van der Waals surface area (Å²) < 4.78 is 12.9. The van der Waals surface area contributed by atoms with E-state index in [9.17, 15) is 4.79 Å². The van der Waals surface area contributed by atoms with Gasteiger partial charge in [0, 0.05) is 39.9 Å². The van der Waals surface area contributed by atoms with Crippen LogP contribution in [0.4, 0.5) is 5.82 Å². The van der Waals surface area contributed by atoms with Crippen LogP contribution >= 0.6 is 0 Å². The Balaban J connectivity index is 1.51. The number of aromatic nitrogens is 3. The second kappa shape index (κ2) is 9.81. The molecule has 33 heavy (non-hydrogen) atoms. The Kier molecular flexibility index (Phi) is 7.04. The molecule has 8 heteroatoms. The number of piperidine rings is 1. The van der Waals surface area contributed by atoms with E-state index in [1.54, 1.807) is 17.7 Å². The zero-order valence-corrected chi connectivity index (χ0v) is 21.3. The first kappa shape index (κ1) is 23.7. The number of anilines is 1. The van der Waals surface area contributed by atoms with Crippen LogP contribution in [0, 0.1) is 11.8 Å². The molecule has 3 heterocycles. The molecule has 0 radical (unpaired) electrons. The molecule has 178 valence electrons. The van der Waals surface area contributed by atoms with Crippen LogP contribution in [-0.4, -0.2) is 55.1 Å². The number of rotatable bonds is 11. The molecule has 1 saturated heterocycles. The van der Waals surface area contributed by atoms with Crippen LogP contribution in [-0.2, 0) is 22.6 Å². The minimum absolute atomic E-state index is 0.307. The minimum Gasteiger partial charge on any atom is -0.461 e. The normalized spacial score (nSPS) is 19.5. The lowest BCUT2D eigenvalue weighted by atomic mass is 10.1. The maximum atomic E-state index is 12.3. The summed E-state index contributed by atoms with van der Waals surface area (Å²) >= 11 is 0. The van der Waals surface area contributed by atoms with Gasteiger partial charge in [-0.25, -0.2) is 14.5 Å². The topological polar surface area (TPSA) is 69.5 Å². The van der Waals surface area contributed by atoms with E-state index in [1.807, 2.05) is 6.08 Å². The van der Waals surface area contributed by atoms with Crippen LogP contribution in [0.2, 0.25) is 25.7 Å². The van der Waals surface area contributed by atoms with E-state index in [-0.39, 0.29) is 0 Å². The molecule has 2 aliphatic rings. The fourth-order valence-corrected chi connectivity index (χ4v) is 5.08. The van der Waals surface area contributed by atoms with E-state index < -0.39 is 14.0 Å². The summed E-state index contributed by atoms with van der Waals surface area (Å²) in [5.41, 5.74) is 3.13. The third-order valence-corrected chi connectivity index (χ3v) is 8.13. The van der Waals surface area contributed by atoms with Gasteiger partial charge in [-0.05, 0) is 55.0 Å². The summed E-state index contributed by atoms with van der Waals surface area (Å²) in [5, 5.41) is 4.48. The van der Waals surface area contributed by atoms with Gasteiger partial charge in [0.15, 0.2) is 5.69 Å². The molecule has 7 nitrogen and oxygen atoms in total. The lowest BCUT2D eigenvalue weighted by Gasteiger charge is -2.20. The highest BCUT2D eigenvalue weighted by atomic mass is 28.3. The minimum atomic E-state index is -1.18. The van der Waals surface area contributed by atoms with E-state index in [0.29, 0.717) is 32.1 Å². The maximum Gasteiger partial charge on any atom is 0.358 e. The van der Waals surface area contributed by atoms with Crippen LogP contribution in [0.5, 0.6) is 0 Å². The van der Waals surface area contributed by atoms with Crippen molar-refractivity contribution in [2.45, 2.75) is 52.2 Å². The van der Waals surface area contributed by atoms with Crippen LogP contribution in [0.1, 0.15) is 40.8 Å². The first-order valence-electron chi connectivity index (χ1n) is 12.0. The quantitative estimate of drug-likeness (QED) is 0.276. The summed E-state index contributed by atoms with van der Waals surface area (Å²) in [4.78, 5) is 19.6. The molecule has 4 rings (SSSR count). The van der Waals surface area contributed by atoms with Crippen LogP contribution in [0.3, 0.4) is 0 Å². The van der Waals surface area contributed by atoms with Crippen LogP contribution in [0.25, 0.3) is 6.08 Å². The van der Waals surface area contributed by atoms with E-state index in [0.717, 1.165) is 53.7 Å². The molecule has 0 spiro atoms. The molecule has 0 N–H and O–H groups in total. The smallest absolute Gasteiger partial charge is 0.358 e. The molecule has 1 saturated carbocycles. The van der Waals surface area contributed by atoms with Crippen LogP contribution < -0.4 is 4.90 Å². The van der Waals surface area contributed by atoms with Gasteiger partial charge in [0.05, 0.1) is 12.3 Å². The number of fused-ring (bicyclic) bond motifs is 1. The molecule has 0 bridgehead atoms. The van der Waals surface area contributed by atoms with E-state index in [4.69, 9.17) is 14.5 Å². The molecule has 2 unspecified atom stereocenters. The van der Waals surface area contributed by atoms with Crippen molar-refractivity contribution in [2.75, 3.05) is 31.2 Å². The molecule has 0 aromatic carbocycles. The zero-order chi connectivity index (χ0) is 23.6. The fraction of sp³-hybridized carbons (Fsp3) is 0.560. The van der Waals surface area contributed by atoms with Crippen molar-refractivity contribution in [1.29, 1.82) is 0 Å². The predicted octanol–water partition coefficient (Wildman–Crippen LogP) is 4.46. The van der Waals surface area contributed by atoms with Crippen molar-refractivity contribution in [2.24, 2.45) is 11.8 Å². The Morgan fingerprint density at radius 2 is 2.03 bits per heavy atom. The Labute approximate surface area is 197 Å². The number of esters is 1. The van der Waals surface area contributed by atoms with E-state index in [1.165, 1.54) is 6.42 Å². The SMILES string of the molecule is C=Cc1nc(N2CC3CC3C2)ccc1Cc1cc(C(=O)OCC)nn1COCC[Si](C)(C)C. The summed E-state index contributed by atoms with van der Waals surface area (Å²) in [6.07, 6.45) is 3.77. The molecular weight excluding hydrogens is 432 g/mol. The molecule has 2 fully saturated rings. The number of hydrogen-bond acceptors (Lipinski definition) is 6. The van der Waals surface area contributed by atoms with E-state index >= 15 is 0 Å². The third kappa shape index (κ3) is 5.92. The zero-order valence-electron chi connectivity index (χ0n) is 20.3. The highest BCUT2D eigenvalue weighted by Crippen LogP contribution is 2.46. The van der Waals surface area contributed by atoms with Gasteiger partial charge >= 0.3 is 5.97 Å². The van der Waals surface area contributed by atoms with Gasteiger partial charge in [-0.1, -0.05) is 32.3 Å². The van der Waals surface area contributed by atoms with Crippen molar-refractivity contribution in [3.05, 3.63) is 47.4 Å². The second-order valence-electron chi connectivity index (χ2n) is 10.3. The molecule has 0 amide bonds. The van der Waals surface area contributed by atoms with Gasteiger partial charge in [0.1, 0.15) is 12.5 Å². The summed E-state index contributed by atoms with van der Waals surface area (Å²) in [7, 11) is -1.18. The average Bonchev–Trinajstić information content (AvgIpc) is 3.18. The third-order valence-electron chi connectivity index (χ3n) is 6.42. The molecule has 2 aromatic rings. The molecule has 1 aliphatic carbocycles. The average molecular weight is 469 g/mol. The Morgan fingerprint density at radius 3 is 2.70 bits per heavy atom. The number of nitrogens with zero attached hydrogens (tertiary/aromatic N) is 4. The number of ether oxygens (including phenoxy) is 2. The van der Waals surface area contributed by atoms with Crippen molar-refractivity contribution in [1.82, 2.24) is 14.8 Å². The standard InChI is InChI=1S/C25H36N4O3Si/c1-6-22-18(8-9-24(26-22)28-15-19-12-20(19)16-28)13-21-14-23(25(30)32-7-2)27-29(21)17-31-10-11-33(3,4)5/h6,8-9,14,19-20H,1,7,10-13,15-17H2,2-5H3. The summed E-state index contributed by atoms with van der Waals surface area (Å²) in [5.74, 6) is 2.33. The first-order chi connectivity index (χ1) is 15.8. The van der Waals surface area contributed by atoms with Gasteiger partial charge in [0.25, 0.3) is 0 Å².